The van der Waals surface area contributed by atoms with Gasteiger partial charge in [0, 0.05) is 0 Å². The highest BCUT2D eigenvalue weighted by molar-refractivity contribution is 8.35. The van der Waals surface area contributed by atoms with Crippen molar-refractivity contribution in [2.75, 3.05) is 31.5 Å². The lowest BCUT2D eigenvalue weighted by molar-refractivity contribution is -0.348. The zero-order chi connectivity index (χ0) is 17.9. The number of halogens is 5. The molecule has 0 aliphatic carbocycles. The van der Waals surface area contributed by atoms with E-state index >= 15 is 0 Å². The molecule has 0 aromatic heterocycles. The molecule has 1 aliphatic heterocycles. The molecule has 0 N–H and O–H groups in total. The van der Waals surface area contributed by atoms with Gasteiger partial charge in [0.2, 0.25) is 0 Å². The molecule has 136 valence electrons. The highest BCUT2D eigenvalue weighted by Gasteiger charge is 2.65. The Kier molecular flexibility index (Phi) is 6.31. The number of alkyl halides is 3. The predicted molar refractivity (Wildman–Crippen MR) is 75.6 cm³/mol. The molecule has 1 fully saturated rings. The topological polar surface area (TPSA) is 44.8 Å². The van der Waals surface area contributed by atoms with E-state index in [2.05, 4.69) is 14.2 Å². The molecule has 4 nitrogen and oxygen atoms in total. The van der Waals surface area contributed by atoms with Crippen molar-refractivity contribution in [3.63, 3.8) is 0 Å². The van der Waals surface area contributed by atoms with Gasteiger partial charge in [-0.1, -0.05) is 13.3 Å². The van der Waals surface area contributed by atoms with Gasteiger partial charge in [0.05, 0.1) is 0 Å². The van der Waals surface area contributed by atoms with Crippen LogP contribution in [-0.2, 0) is 14.2 Å². The van der Waals surface area contributed by atoms with Crippen LogP contribution in [0.2, 0.25) is 0 Å². The molecular formula is C13H19F5O4S. The SMILES string of the molecule is CCCCS(C)(C)/C(F)=C(\F)COC1(C(F)(F)F)COC(=O)O1. The summed E-state index contributed by atoms with van der Waals surface area (Å²) >= 11 is 0. The summed E-state index contributed by atoms with van der Waals surface area (Å²) in [7, 11) is -2.10. The van der Waals surface area contributed by atoms with Crippen LogP contribution in [0.5, 0.6) is 0 Å². The van der Waals surface area contributed by atoms with Gasteiger partial charge in [-0.15, -0.1) is 0 Å². The van der Waals surface area contributed by atoms with E-state index in [1.54, 1.807) is 0 Å². The molecule has 1 rings (SSSR count). The molecular weight excluding hydrogens is 347 g/mol. The highest BCUT2D eigenvalue weighted by atomic mass is 32.3. The first-order valence-electron chi connectivity index (χ1n) is 6.77. The fourth-order valence-corrected chi connectivity index (χ4v) is 3.62. The third-order valence-corrected chi connectivity index (χ3v) is 5.70. The Hall–Kier alpha value is -1.03. The quantitative estimate of drug-likeness (QED) is 0.495. The largest absolute Gasteiger partial charge is 0.511 e. The Morgan fingerprint density at radius 3 is 2.39 bits per heavy atom. The minimum absolute atomic E-state index is 0.408. The van der Waals surface area contributed by atoms with Crippen LogP contribution in [0.3, 0.4) is 0 Å². The number of cyclic esters (lactones) is 2. The summed E-state index contributed by atoms with van der Waals surface area (Å²) < 4.78 is 79.2. The number of hydrogen-bond donors (Lipinski definition) is 0. The Balaban J connectivity index is 2.85. The maximum atomic E-state index is 14.1. The van der Waals surface area contributed by atoms with Gasteiger partial charge in [-0.25, -0.2) is 9.18 Å². The number of rotatable bonds is 7. The van der Waals surface area contributed by atoms with Gasteiger partial charge in [0.15, 0.2) is 17.6 Å². The average molecular weight is 366 g/mol. The smallest absolute Gasteiger partial charge is 0.427 e. The van der Waals surface area contributed by atoms with E-state index in [1.165, 1.54) is 12.5 Å². The molecule has 1 aliphatic rings. The summed E-state index contributed by atoms with van der Waals surface area (Å²) in [6, 6.07) is 0. The Morgan fingerprint density at radius 1 is 1.35 bits per heavy atom. The lowest BCUT2D eigenvalue weighted by atomic mass is 10.3. The highest BCUT2D eigenvalue weighted by Crippen LogP contribution is 2.52. The maximum absolute atomic E-state index is 14.1. The van der Waals surface area contributed by atoms with E-state index < -0.39 is 52.3 Å². The van der Waals surface area contributed by atoms with Crippen LogP contribution in [0.4, 0.5) is 26.7 Å². The zero-order valence-electron chi connectivity index (χ0n) is 13.0. The molecule has 1 unspecified atom stereocenters. The monoisotopic (exact) mass is 366 g/mol. The van der Waals surface area contributed by atoms with Crippen LogP contribution < -0.4 is 0 Å². The van der Waals surface area contributed by atoms with Crippen molar-refractivity contribution in [2.45, 2.75) is 31.7 Å². The van der Waals surface area contributed by atoms with Crippen molar-refractivity contribution in [3.8, 4) is 0 Å². The van der Waals surface area contributed by atoms with Crippen LogP contribution in [0, 0.1) is 0 Å². The van der Waals surface area contributed by atoms with Gasteiger partial charge in [0.1, 0.15) is 6.61 Å². The fourth-order valence-electron chi connectivity index (χ4n) is 1.77. The molecule has 1 atom stereocenters. The summed E-state index contributed by atoms with van der Waals surface area (Å²) in [6.45, 7) is -0.682. The van der Waals surface area contributed by atoms with Gasteiger partial charge in [0.25, 0.3) is 0 Å². The molecule has 0 saturated carbocycles. The molecule has 1 saturated heterocycles. The minimum Gasteiger partial charge on any atom is -0.427 e. The fraction of sp³-hybridized carbons (Fsp3) is 0.769. The normalized spacial score (nSPS) is 24.1. The third kappa shape index (κ3) is 4.72. The molecule has 23 heavy (non-hydrogen) atoms. The summed E-state index contributed by atoms with van der Waals surface area (Å²) in [4.78, 5) is 10.8. The minimum atomic E-state index is -5.14. The average Bonchev–Trinajstić information content (AvgIpc) is 2.84. The molecule has 1 heterocycles. The molecule has 0 aromatic rings. The van der Waals surface area contributed by atoms with Gasteiger partial charge in [-0.05, 0) is 24.7 Å². The number of carbonyl (C=O) groups excluding carboxylic acids is 1. The van der Waals surface area contributed by atoms with E-state index in [0.717, 1.165) is 6.42 Å². The second-order valence-electron chi connectivity index (χ2n) is 5.45. The first-order valence-corrected chi connectivity index (χ1v) is 9.38. The second kappa shape index (κ2) is 7.25. The standard InChI is InChI=1S/C13H19F5O4S/c1-4-5-6-23(2,3)10(15)9(14)7-21-12(13(16,17)18)8-20-11(19)22-12/h4-8H2,1-3H3/b10-9-. The van der Waals surface area contributed by atoms with Gasteiger partial charge in [-0.3, -0.25) is 0 Å². The van der Waals surface area contributed by atoms with E-state index in [9.17, 15) is 26.7 Å². The van der Waals surface area contributed by atoms with Gasteiger partial charge >= 0.3 is 18.1 Å². The van der Waals surface area contributed by atoms with E-state index in [1.807, 2.05) is 6.92 Å². The Morgan fingerprint density at radius 2 is 1.96 bits per heavy atom. The van der Waals surface area contributed by atoms with Crippen LogP contribution in [0.25, 0.3) is 0 Å². The predicted octanol–water partition coefficient (Wildman–Crippen LogP) is 4.40. The first-order chi connectivity index (χ1) is 10.5. The lowest BCUT2D eigenvalue weighted by Crippen LogP contribution is -2.50. The van der Waals surface area contributed by atoms with Gasteiger partial charge < -0.3 is 14.2 Å². The third-order valence-electron chi connectivity index (χ3n) is 3.20. The van der Waals surface area contributed by atoms with Gasteiger partial charge in [-0.2, -0.15) is 27.6 Å². The Labute approximate surface area is 132 Å². The van der Waals surface area contributed by atoms with Crippen molar-refractivity contribution < 1.29 is 41.0 Å². The zero-order valence-corrected chi connectivity index (χ0v) is 13.8. The number of ether oxygens (including phenoxy) is 3. The summed E-state index contributed by atoms with van der Waals surface area (Å²) in [5.41, 5.74) is 0. The van der Waals surface area contributed by atoms with Crippen LogP contribution in [0.1, 0.15) is 19.8 Å². The second-order valence-corrected chi connectivity index (χ2v) is 9.30. The lowest BCUT2D eigenvalue weighted by Gasteiger charge is -2.30. The van der Waals surface area contributed by atoms with Crippen LogP contribution >= 0.6 is 10.0 Å². The van der Waals surface area contributed by atoms with Crippen molar-refractivity contribution in [1.82, 2.24) is 0 Å². The molecule has 0 aromatic carbocycles. The van der Waals surface area contributed by atoms with E-state index in [-0.39, 0.29) is 0 Å². The summed E-state index contributed by atoms with van der Waals surface area (Å²) in [5.74, 6) is -4.44. The number of unbranched alkanes of at least 4 members (excludes halogenated alkanes) is 1. The summed E-state index contributed by atoms with van der Waals surface area (Å²) in [5, 5.41) is -1.10. The molecule has 0 spiro atoms. The maximum Gasteiger partial charge on any atom is 0.511 e. The summed E-state index contributed by atoms with van der Waals surface area (Å²) in [6.07, 6.45) is -2.22. The number of carbonyl (C=O) groups is 1. The van der Waals surface area contributed by atoms with Crippen LogP contribution in [-0.4, -0.2) is 49.6 Å². The molecule has 0 bridgehead atoms. The van der Waals surface area contributed by atoms with Crippen molar-refractivity contribution in [3.05, 3.63) is 11.0 Å². The van der Waals surface area contributed by atoms with Crippen molar-refractivity contribution in [2.24, 2.45) is 0 Å². The van der Waals surface area contributed by atoms with Crippen molar-refractivity contribution in [1.29, 1.82) is 0 Å². The van der Waals surface area contributed by atoms with Crippen molar-refractivity contribution >= 4 is 16.2 Å². The Bertz CT molecular complexity index is 477. The van der Waals surface area contributed by atoms with E-state index in [4.69, 9.17) is 0 Å². The molecule has 0 radical (unpaired) electrons. The molecule has 10 heteroatoms. The van der Waals surface area contributed by atoms with E-state index in [0.29, 0.717) is 12.2 Å². The molecule has 0 amide bonds. The number of hydrogen-bond acceptors (Lipinski definition) is 4. The van der Waals surface area contributed by atoms with Crippen LogP contribution in [0.15, 0.2) is 11.0 Å². The first kappa shape index (κ1) is 20.0.